The Kier molecular flexibility index (Phi) is 4.00. The van der Waals surface area contributed by atoms with Gasteiger partial charge in [0.25, 0.3) is 0 Å². The molecule has 120 valence electrons. The molecule has 0 radical (unpaired) electrons. The maximum Gasteiger partial charge on any atom is 0.170 e. The summed E-state index contributed by atoms with van der Waals surface area (Å²) in [4.78, 5) is 0. The maximum absolute atomic E-state index is 14.6. The molecule has 0 saturated carbocycles. The third-order valence-electron chi connectivity index (χ3n) is 4.27. The highest BCUT2D eigenvalue weighted by molar-refractivity contribution is 6.08. The Balaban J connectivity index is 2.51. The SMILES string of the molecule is CCCc1ccc2c(c1F)c(F)c(F)c1c(F)c(CC)ccc12. The molecule has 0 nitrogen and oxygen atoms in total. The molecule has 0 atom stereocenters. The highest BCUT2D eigenvalue weighted by Crippen LogP contribution is 2.36. The summed E-state index contributed by atoms with van der Waals surface area (Å²) < 4.78 is 57.9. The molecule has 0 amide bonds. The van der Waals surface area contributed by atoms with E-state index in [1.807, 2.05) is 6.92 Å². The van der Waals surface area contributed by atoms with Crippen LogP contribution >= 0.6 is 0 Å². The first kappa shape index (κ1) is 15.8. The van der Waals surface area contributed by atoms with Crippen LogP contribution in [0.15, 0.2) is 24.3 Å². The van der Waals surface area contributed by atoms with Gasteiger partial charge in [0.15, 0.2) is 11.6 Å². The van der Waals surface area contributed by atoms with Gasteiger partial charge in [-0.05, 0) is 34.7 Å². The first-order valence-corrected chi connectivity index (χ1v) is 7.70. The zero-order chi connectivity index (χ0) is 16.7. The topological polar surface area (TPSA) is 0 Å². The Morgan fingerprint density at radius 3 is 1.61 bits per heavy atom. The van der Waals surface area contributed by atoms with E-state index in [0.717, 1.165) is 0 Å². The molecule has 3 aromatic carbocycles. The van der Waals surface area contributed by atoms with Crippen molar-refractivity contribution in [1.29, 1.82) is 0 Å². The van der Waals surface area contributed by atoms with Crippen LogP contribution in [0.4, 0.5) is 17.6 Å². The van der Waals surface area contributed by atoms with Crippen LogP contribution in [0.3, 0.4) is 0 Å². The standard InChI is InChI=1S/C19H16F4/c1-3-5-11-7-9-13-12-8-6-10(4-2)16(20)14(12)18(22)19(23)15(13)17(11)21/h6-9H,3-5H2,1-2H3. The fraction of sp³-hybridized carbons (Fsp3) is 0.263. The van der Waals surface area contributed by atoms with E-state index in [1.165, 1.54) is 12.1 Å². The van der Waals surface area contributed by atoms with E-state index in [1.54, 1.807) is 19.1 Å². The van der Waals surface area contributed by atoms with Crippen molar-refractivity contribution in [3.63, 3.8) is 0 Å². The molecular formula is C19H16F4. The highest BCUT2D eigenvalue weighted by Gasteiger charge is 2.22. The Morgan fingerprint density at radius 2 is 1.13 bits per heavy atom. The lowest BCUT2D eigenvalue weighted by molar-refractivity contribution is 0.512. The van der Waals surface area contributed by atoms with E-state index < -0.39 is 34.0 Å². The maximum atomic E-state index is 14.6. The zero-order valence-corrected chi connectivity index (χ0v) is 12.9. The van der Waals surface area contributed by atoms with Crippen LogP contribution in [0, 0.1) is 23.3 Å². The van der Waals surface area contributed by atoms with Gasteiger partial charge in [-0.3, -0.25) is 0 Å². The average Bonchev–Trinajstić information content (AvgIpc) is 2.54. The average molecular weight is 320 g/mol. The summed E-state index contributed by atoms with van der Waals surface area (Å²) in [6.07, 6.45) is 1.49. The van der Waals surface area contributed by atoms with Crippen molar-refractivity contribution in [3.05, 3.63) is 58.7 Å². The van der Waals surface area contributed by atoms with E-state index in [9.17, 15) is 17.6 Å². The summed E-state index contributed by atoms with van der Waals surface area (Å²) in [6, 6.07) is 6.16. The van der Waals surface area contributed by atoms with Crippen molar-refractivity contribution in [2.75, 3.05) is 0 Å². The van der Waals surface area contributed by atoms with E-state index >= 15 is 0 Å². The second kappa shape index (κ2) is 5.84. The summed E-state index contributed by atoms with van der Waals surface area (Å²) in [5.41, 5.74) is 0.640. The molecule has 4 heteroatoms. The number of halogens is 4. The third-order valence-corrected chi connectivity index (χ3v) is 4.27. The highest BCUT2D eigenvalue weighted by atomic mass is 19.2. The number of hydrogen-bond donors (Lipinski definition) is 0. The Morgan fingerprint density at radius 1 is 0.652 bits per heavy atom. The number of benzene rings is 3. The second-order valence-corrected chi connectivity index (χ2v) is 5.65. The van der Waals surface area contributed by atoms with Crippen molar-refractivity contribution < 1.29 is 17.6 Å². The van der Waals surface area contributed by atoms with Crippen molar-refractivity contribution in [1.82, 2.24) is 0 Å². The number of hydrogen-bond acceptors (Lipinski definition) is 0. The van der Waals surface area contributed by atoms with E-state index in [4.69, 9.17) is 0 Å². The van der Waals surface area contributed by atoms with Crippen LogP contribution in [0.5, 0.6) is 0 Å². The molecule has 0 heterocycles. The second-order valence-electron chi connectivity index (χ2n) is 5.65. The van der Waals surface area contributed by atoms with E-state index in [-0.39, 0.29) is 10.8 Å². The van der Waals surface area contributed by atoms with Gasteiger partial charge in [-0.25, -0.2) is 17.6 Å². The van der Waals surface area contributed by atoms with E-state index in [0.29, 0.717) is 30.4 Å². The normalized spacial score (nSPS) is 11.6. The molecule has 0 N–H and O–H groups in total. The summed E-state index contributed by atoms with van der Waals surface area (Å²) in [6.45, 7) is 3.61. The fourth-order valence-corrected chi connectivity index (χ4v) is 3.07. The van der Waals surface area contributed by atoms with Gasteiger partial charge in [0, 0.05) is 0 Å². The number of fused-ring (bicyclic) bond motifs is 3. The zero-order valence-electron chi connectivity index (χ0n) is 12.9. The number of rotatable bonds is 3. The summed E-state index contributed by atoms with van der Waals surface area (Å²) in [7, 11) is 0. The molecule has 0 spiro atoms. The van der Waals surface area contributed by atoms with Gasteiger partial charge < -0.3 is 0 Å². The summed E-state index contributed by atoms with van der Waals surface area (Å²) >= 11 is 0. The predicted molar refractivity (Wildman–Crippen MR) is 84.7 cm³/mol. The summed E-state index contributed by atoms with van der Waals surface area (Å²) in [5, 5.41) is -0.421. The van der Waals surface area contributed by atoms with Crippen LogP contribution in [0.2, 0.25) is 0 Å². The molecule has 0 aromatic heterocycles. The largest absolute Gasteiger partial charge is 0.206 e. The molecule has 0 aliphatic heterocycles. The van der Waals surface area contributed by atoms with Crippen molar-refractivity contribution in [2.45, 2.75) is 33.1 Å². The Bertz CT molecular complexity index is 913. The fourth-order valence-electron chi connectivity index (χ4n) is 3.07. The minimum absolute atomic E-state index is 0.190. The lowest BCUT2D eigenvalue weighted by atomic mass is 9.95. The van der Waals surface area contributed by atoms with Gasteiger partial charge >= 0.3 is 0 Å². The molecule has 0 aliphatic carbocycles. The van der Waals surface area contributed by atoms with Gasteiger partial charge in [0.05, 0.1) is 10.8 Å². The van der Waals surface area contributed by atoms with Crippen molar-refractivity contribution in [2.24, 2.45) is 0 Å². The molecule has 0 bridgehead atoms. The van der Waals surface area contributed by atoms with Crippen LogP contribution in [0.1, 0.15) is 31.4 Å². The molecule has 3 rings (SSSR count). The molecule has 0 saturated heterocycles. The van der Waals surface area contributed by atoms with Gasteiger partial charge in [-0.1, -0.05) is 44.5 Å². The quantitative estimate of drug-likeness (QED) is 0.406. The minimum Gasteiger partial charge on any atom is -0.206 e. The van der Waals surface area contributed by atoms with Crippen molar-refractivity contribution >= 4 is 21.5 Å². The van der Waals surface area contributed by atoms with Crippen LogP contribution in [-0.4, -0.2) is 0 Å². The van der Waals surface area contributed by atoms with E-state index in [2.05, 4.69) is 0 Å². The van der Waals surface area contributed by atoms with Crippen LogP contribution in [0.25, 0.3) is 21.5 Å². The lowest BCUT2D eigenvalue weighted by Crippen LogP contribution is -2.00. The summed E-state index contributed by atoms with van der Waals surface area (Å²) in [5.74, 6) is -4.19. The molecule has 23 heavy (non-hydrogen) atoms. The van der Waals surface area contributed by atoms with Gasteiger partial charge in [0.1, 0.15) is 11.6 Å². The molecule has 3 aromatic rings. The van der Waals surface area contributed by atoms with Gasteiger partial charge in [-0.2, -0.15) is 0 Å². The Labute approximate surface area is 131 Å². The third kappa shape index (κ3) is 2.28. The van der Waals surface area contributed by atoms with Gasteiger partial charge in [0.2, 0.25) is 0 Å². The van der Waals surface area contributed by atoms with Crippen LogP contribution in [-0.2, 0) is 12.8 Å². The molecular weight excluding hydrogens is 304 g/mol. The first-order chi connectivity index (χ1) is 11.0. The predicted octanol–water partition coefficient (Wildman–Crippen LogP) is 6.06. The molecule has 0 fully saturated rings. The minimum atomic E-state index is -1.33. The first-order valence-electron chi connectivity index (χ1n) is 7.70. The van der Waals surface area contributed by atoms with Gasteiger partial charge in [-0.15, -0.1) is 0 Å². The molecule has 0 aliphatic rings. The molecule has 0 unspecified atom stereocenters. The van der Waals surface area contributed by atoms with Crippen LogP contribution < -0.4 is 0 Å². The smallest absolute Gasteiger partial charge is 0.170 e. The van der Waals surface area contributed by atoms with Crippen molar-refractivity contribution in [3.8, 4) is 0 Å². The monoisotopic (exact) mass is 320 g/mol. The Hall–Kier alpha value is -2.10. The number of aryl methyl sites for hydroxylation is 2. The lowest BCUT2D eigenvalue weighted by Gasteiger charge is -2.13.